The first kappa shape index (κ1) is 28.7. The van der Waals surface area contributed by atoms with E-state index in [0.29, 0.717) is 32.1 Å². The first-order chi connectivity index (χ1) is 19.1. The summed E-state index contributed by atoms with van der Waals surface area (Å²) in [6.45, 7) is 8.84. The molecule has 39 heavy (non-hydrogen) atoms. The monoisotopic (exact) mass is 537 g/mol. The normalized spacial score (nSPS) is 15.7. The Labute approximate surface area is 232 Å². The van der Waals surface area contributed by atoms with Gasteiger partial charge in [0, 0.05) is 26.2 Å². The molecule has 2 aliphatic rings. The summed E-state index contributed by atoms with van der Waals surface area (Å²) < 4.78 is 11.8. The zero-order valence-corrected chi connectivity index (χ0v) is 23.0. The molecule has 2 N–H and O–H groups in total. The quantitative estimate of drug-likeness (QED) is 0.175. The Morgan fingerprint density at radius 3 is 1.69 bits per heavy atom. The van der Waals surface area contributed by atoms with Gasteiger partial charge in [-0.25, -0.2) is 0 Å². The summed E-state index contributed by atoms with van der Waals surface area (Å²) in [4.78, 5) is 15.6. The second-order valence-corrected chi connectivity index (χ2v) is 10.3. The van der Waals surface area contributed by atoms with Crippen molar-refractivity contribution in [1.29, 1.82) is 0 Å². The van der Waals surface area contributed by atoms with Crippen molar-refractivity contribution in [2.24, 2.45) is 0 Å². The fourth-order valence-electron chi connectivity index (χ4n) is 5.09. The van der Waals surface area contributed by atoms with Gasteiger partial charge in [-0.3, -0.25) is 19.9 Å². The molecule has 4 rings (SSSR count). The van der Waals surface area contributed by atoms with Crippen LogP contribution in [0.4, 0.5) is 0 Å². The summed E-state index contributed by atoms with van der Waals surface area (Å²) in [5.74, 6) is 2.14. The largest absolute Gasteiger partial charge is 0.494 e. The molecule has 2 fully saturated rings. The molecule has 0 aliphatic carbocycles. The van der Waals surface area contributed by atoms with Gasteiger partial charge in [0.25, 0.3) is 6.20 Å². The molecule has 9 heteroatoms. The summed E-state index contributed by atoms with van der Waals surface area (Å²) in [6.07, 6.45) is 7.57. The van der Waals surface area contributed by atoms with Gasteiger partial charge in [0.05, 0.1) is 18.1 Å². The zero-order valence-electron chi connectivity index (χ0n) is 23.0. The average Bonchev–Trinajstić information content (AvgIpc) is 3.63. The zero-order chi connectivity index (χ0) is 27.1. The molecule has 212 valence electrons. The molecule has 2 aliphatic heterocycles. The minimum absolute atomic E-state index is 0.403. The standard InChI is InChI=1S/C30H43N5O4/c36-35(37)25-30(31-13-7-19-38-28-11-5-9-26(21-28)23-33-15-1-2-16-33)32-14-8-20-39-29-12-6-10-27(22-29)24-34-17-3-4-18-34/h5-6,9-12,21-22,25,31-32H,1-4,7-8,13-20,23-24H2. The number of hydrogen-bond acceptors (Lipinski definition) is 8. The van der Waals surface area contributed by atoms with Gasteiger partial charge in [0.2, 0.25) is 0 Å². The van der Waals surface area contributed by atoms with Gasteiger partial charge < -0.3 is 20.1 Å². The second-order valence-electron chi connectivity index (χ2n) is 10.3. The van der Waals surface area contributed by atoms with E-state index >= 15 is 0 Å². The van der Waals surface area contributed by atoms with Crippen LogP contribution in [-0.4, -0.2) is 67.2 Å². The number of ether oxygens (including phenoxy) is 2. The first-order valence-electron chi connectivity index (χ1n) is 14.4. The van der Waals surface area contributed by atoms with Crippen LogP contribution >= 0.6 is 0 Å². The van der Waals surface area contributed by atoms with E-state index in [2.05, 4.69) is 44.7 Å². The molecule has 2 aromatic rings. The lowest BCUT2D eigenvalue weighted by atomic mass is 10.2. The SMILES string of the molecule is O=[N+]([O-])C=C(NCCCOc1cccc(CN2CCCC2)c1)NCCCOc1cccc(CN2CCCC2)c1. The summed E-state index contributed by atoms with van der Waals surface area (Å²) in [5.41, 5.74) is 2.54. The highest BCUT2D eigenvalue weighted by Crippen LogP contribution is 2.19. The van der Waals surface area contributed by atoms with Crippen molar-refractivity contribution in [3.63, 3.8) is 0 Å². The van der Waals surface area contributed by atoms with Crippen LogP contribution in [0, 0.1) is 10.1 Å². The highest BCUT2D eigenvalue weighted by molar-refractivity contribution is 5.29. The number of rotatable bonds is 17. The van der Waals surface area contributed by atoms with Crippen LogP contribution in [0.5, 0.6) is 11.5 Å². The van der Waals surface area contributed by atoms with Crippen molar-refractivity contribution in [1.82, 2.24) is 20.4 Å². The van der Waals surface area contributed by atoms with Gasteiger partial charge in [0.1, 0.15) is 11.5 Å². The Morgan fingerprint density at radius 2 is 1.26 bits per heavy atom. The molecular weight excluding hydrogens is 494 g/mol. The van der Waals surface area contributed by atoms with Gasteiger partial charge in [-0.15, -0.1) is 0 Å². The molecule has 2 aromatic carbocycles. The van der Waals surface area contributed by atoms with E-state index in [1.165, 1.54) is 63.0 Å². The molecule has 0 radical (unpaired) electrons. The highest BCUT2D eigenvalue weighted by Gasteiger charge is 2.13. The van der Waals surface area contributed by atoms with E-state index in [1.54, 1.807) is 0 Å². The maximum absolute atomic E-state index is 11.1. The minimum atomic E-state index is -0.444. The van der Waals surface area contributed by atoms with Crippen LogP contribution in [0.2, 0.25) is 0 Å². The summed E-state index contributed by atoms with van der Waals surface area (Å²) in [6, 6.07) is 16.5. The lowest BCUT2D eigenvalue weighted by Crippen LogP contribution is -2.30. The summed E-state index contributed by atoms with van der Waals surface area (Å²) in [7, 11) is 0. The molecule has 0 spiro atoms. The molecule has 9 nitrogen and oxygen atoms in total. The average molecular weight is 538 g/mol. The maximum atomic E-state index is 11.1. The van der Waals surface area contributed by atoms with Gasteiger partial charge in [0.15, 0.2) is 5.82 Å². The molecule has 0 unspecified atom stereocenters. The van der Waals surface area contributed by atoms with Gasteiger partial charge in [-0.05, 0) is 100 Å². The fourth-order valence-corrected chi connectivity index (χ4v) is 5.09. The van der Waals surface area contributed by atoms with E-state index in [0.717, 1.165) is 43.6 Å². The van der Waals surface area contributed by atoms with Gasteiger partial charge in [-0.2, -0.15) is 0 Å². The van der Waals surface area contributed by atoms with Crippen LogP contribution < -0.4 is 20.1 Å². The molecule has 2 saturated heterocycles. The predicted molar refractivity (Wildman–Crippen MR) is 153 cm³/mol. The Kier molecular flexibility index (Phi) is 11.7. The first-order valence-corrected chi connectivity index (χ1v) is 14.4. The molecule has 0 aromatic heterocycles. The Morgan fingerprint density at radius 1 is 0.795 bits per heavy atom. The molecular formula is C30H43N5O4. The van der Waals surface area contributed by atoms with Crippen LogP contribution in [-0.2, 0) is 13.1 Å². The minimum Gasteiger partial charge on any atom is -0.494 e. The third-order valence-electron chi connectivity index (χ3n) is 7.05. The van der Waals surface area contributed by atoms with Crippen molar-refractivity contribution in [2.45, 2.75) is 51.6 Å². The van der Waals surface area contributed by atoms with Gasteiger partial charge >= 0.3 is 0 Å². The van der Waals surface area contributed by atoms with E-state index in [4.69, 9.17) is 9.47 Å². The third-order valence-corrected chi connectivity index (χ3v) is 7.05. The Bertz CT molecular complexity index is 978. The lowest BCUT2D eigenvalue weighted by Gasteiger charge is -2.16. The van der Waals surface area contributed by atoms with E-state index in [-0.39, 0.29) is 0 Å². The van der Waals surface area contributed by atoms with Crippen LogP contribution in [0.1, 0.15) is 49.7 Å². The highest BCUT2D eigenvalue weighted by atomic mass is 16.6. The van der Waals surface area contributed by atoms with Crippen molar-refractivity contribution in [3.05, 3.63) is 81.8 Å². The summed E-state index contributed by atoms with van der Waals surface area (Å²) in [5, 5.41) is 17.3. The predicted octanol–water partition coefficient (Wildman–Crippen LogP) is 4.37. The summed E-state index contributed by atoms with van der Waals surface area (Å²) >= 11 is 0. The molecule has 0 atom stereocenters. The third kappa shape index (κ3) is 10.8. The van der Waals surface area contributed by atoms with Crippen molar-refractivity contribution in [3.8, 4) is 11.5 Å². The number of nitrogens with one attached hydrogen (secondary N) is 2. The maximum Gasteiger partial charge on any atom is 0.274 e. The van der Waals surface area contributed by atoms with Crippen LogP contribution in [0.3, 0.4) is 0 Å². The number of benzene rings is 2. The van der Waals surface area contributed by atoms with Crippen molar-refractivity contribution in [2.75, 3.05) is 52.5 Å². The van der Waals surface area contributed by atoms with Crippen LogP contribution in [0.25, 0.3) is 0 Å². The molecule has 0 saturated carbocycles. The lowest BCUT2D eigenvalue weighted by molar-refractivity contribution is -0.404. The topological polar surface area (TPSA) is 92.1 Å². The van der Waals surface area contributed by atoms with Gasteiger partial charge in [-0.1, -0.05) is 24.3 Å². The van der Waals surface area contributed by atoms with Crippen molar-refractivity contribution < 1.29 is 14.4 Å². The van der Waals surface area contributed by atoms with E-state index in [1.807, 2.05) is 24.3 Å². The molecule has 0 amide bonds. The fraction of sp³-hybridized carbons (Fsp3) is 0.533. The van der Waals surface area contributed by atoms with Crippen LogP contribution in [0.15, 0.2) is 60.6 Å². The van der Waals surface area contributed by atoms with Crippen molar-refractivity contribution >= 4 is 0 Å². The smallest absolute Gasteiger partial charge is 0.274 e. The Balaban J connectivity index is 1.10. The second kappa shape index (κ2) is 16.0. The number of nitrogens with zero attached hydrogens (tertiary/aromatic N) is 3. The molecule has 0 bridgehead atoms. The number of nitro groups is 1. The Hall–Kier alpha value is -3.30. The molecule has 2 heterocycles. The van der Waals surface area contributed by atoms with E-state index < -0.39 is 4.92 Å². The van der Waals surface area contributed by atoms with E-state index in [9.17, 15) is 10.1 Å². The number of likely N-dealkylation sites (tertiary alicyclic amines) is 2. The number of hydrogen-bond donors (Lipinski definition) is 2.